The van der Waals surface area contributed by atoms with Gasteiger partial charge < -0.3 is 14.2 Å². The van der Waals surface area contributed by atoms with Crippen LogP contribution in [0.2, 0.25) is 0 Å². The van der Waals surface area contributed by atoms with Crippen LogP contribution in [0.15, 0.2) is 24.3 Å². The smallest absolute Gasteiger partial charge is 0.306 e. The Labute approximate surface area is 362 Å². The highest BCUT2D eigenvalue weighted by Gasteiger charge is 2.17. The number of ether oxygens (including phenoxy) is 3. The molecule has 0 aliphatic heterocycles. The van der Waals surface area contributed by atoms with E-state index in [9.17, 15) is 9.59 Å². The van der Waals surface area contributed by atoms with Crippen molar-refractivity contribution in [3.8, 4) is 0 Å². The molecule has 0 rings (SSSR count). The Bertz CT molecular complexity index is 882. The number of esters is 2. The molecule has 0 saturated heterocycles. The maximum Gasteiger partial charge on any atom is 0.306 e. The molecule has 0 saturated carbocycles. The standard InChI is InChI=1S/C53H100O5/c1-4-7-10-13-16-19-22-25-27-29-31-34-37-40-43-46-52(54)57-50-51(49-56-48-45-42-39-36-33-30-26-23-20-17-14-11-8-5-2)58-53(55)47-44-41-38-35-32-28-24-21-18-15-12-9-6-3/h12,15,21,24,51H,4-11,13-14,16-20,22-23,25-50H2,1-3H3/b15-12-,24-21-. The molecule has 58 heavy (non-hydrogen) atoms. The van der Waals surface area contributed by atoms with Gasteiger partial charge in [-0.1, -0.05) is 244 Å². The molecule has 0 radical (unpaired) electrons. The lowest BCUT2D eigenvalue weighted by Crippen LogP contribution is -2.30. The molecular formula is C53H100O5. The summed E-state index contributed by atoms with van der Waals surface area (Å²) >= 11 is 0. The van der Waals surface area contributed by atoms with Gasteiger partial charge in [-0.05, 0) is 44.9 Å². The predicted molar refractivity (Wildman–Crippen MR) is 252 cm³/mol. The van der Waals surface area contributed by atoms with E-state index in [-0.39, 0.29) is 18.5 Å². The van der Waals surface area contributed by atoms with Crippen molar-refractivity contribution in [3.05, 3.63) is 24.3 Å². The van der Waals surface area contributed by atoms with Crippen LogP contribution in [0.25, 0.3) is 0 Å². The molecule has 0 spiro atoms. The van der Waals surface area contributed by atoms with Gasteiger partial charge in [-0.3, -0.25) is 9.59 Å². The van der Waals surface area contributed by atoms with Crippen molar-refractivity contribution < 1.29 is 23.8 Å². The summed E-state index contributed by atoms with van der Waals surface area (Å²) in [7, 11) is 0. The Hall–Kier alpha value is -1.62. The fourth-order valence-corrected chi connectivity index (χ4v) is 7.61. The minimum Gasteiger partial charge on any atom is -0.462 e. The maximum absolute atomic E-state index is 12.8. The zero-order chi connectivity index (χ0) is 42.1. The second-order valence-corrected chi connectivity index (χ2v) is 17.4. The van der Waals surface area contributed by atoms with Crippen LogP contribution < -0.4 is 0 Å². The van der Waals surface area contributed by atoms with E-state index in [0.29, 0.717) is 26.1 Å². The van der Waals surface area contributed by atoms with Crippen LogP contribution in [-0.2, 0) is 23.8 Å². The largest absolute Gasteiger partial charge is 0.462 e. The van der Waals surface area contributed by atoms with E-state index in [1.165, 1.54) is 193 Å². The molecular weight excluding hydrogens is 717 g/mol. The SMILES string of the molecule is CCC/C=C\C/C=C\CCCCCCCC(=O)OC(COCCCCCCCCCCCCCCCC)COC(=O)CCCCCCCCCCCCCCCCC. The molecule has 0 bridgehead atoms. The van der Waals surface area contributed by atoms with Crippen LogP contribution >= 0.6 is 0 Å². The first-order valence-electron chi connectivity index (χ1n) is 25.9. The maximum atomic E-state index is 12.8. The number of rotatable bonds is 48. The van der Waals surface area contributed by atoms with E-state index in [1.54, 1.807) is 0 Å². The van der Waals surface area contributed by atoms with Gasteiger partial charge in [0, 0.05) is 19.4 Å². The molecule has 0 amide bonds. The third-order valence-electron chi connectivity index (χ3n) is 11.5. The molecule has 0 N–H and O–H groups in total. The molecule has 342 valence electrons. The minimum atomic E-state index is -0.534. The lowest BCUT2D eigenvalue weighted by molar-refractivity contribution is -0.163. The van der Waals surface area contributed by atoms with Crippen molar-refractivity contribution in [2.24, 2.45) is 0 Å². The first kappa shape index (κ1) is 56.4. The molecule has 0 aromatic carbocycles. The number of carbonyl (C=O) groups excluding carboxylic acids is 2. The van der Waals surface area contributed by atoms with Gasteiger partial charge in [0.05, 0.1) is 6.61 Å². The summed E-state index contributed by atoms with van der Waals surface area (Å²) in [6, 6.07) is 0. The fraction of sp³-hybridized carbons (Fsp3) is 0.887. The summed E-state index contributed by atoms with van der Waals surface area (Å²) < 4.78 is 17.4. The van der Waals surface area contributed by atoms with Crippen molar-refractivity contribution >= 4 is 11.9 Å². The van der Waals surface area contributed by atoms with Crippen LogP contribution in [-0.4, -0.2) is 37.9 Å². The van der Waals surface area contributed by atoms with Crippen LogP contribution in [0.3, 0.4) is 0 Å². The number of hydrogen-bond acceptors (Lipinski definition) is 5. The molecule has 1 atom stereocenters. The Morgan fingerprint density at radius 3 is 1.21 bits per heavy atom. The average molecular weight is 817 g/mol. The Morgan fingerprint density at radius 2 is 0.759 bits per heavy atom. The Morgan fingerprint density at radius 1 is 0.379 bits per heavy atom. The summed E-state index contributed by atoms with van der Waals surface area (Å²) in [5.41, 5.74) is 0. The predicted octanol–water partition coefficient (Wildman–Crippen LogP) is 17.2. The summed E-state index contributed by atoms with van der Waals surface area (Å²) in [6.07, 6.45) is 57.5. The van der Waals surface area contributed by atoms with Crippen LogP contribution in [0.5, 0.6) is 0 Å². The van der Waals surface area contributed by atoms with E-state index in [4.69, 9.17) is 14.2 Å². The van der Waals surface area contributed by atoms with Crippen molar-refractivity contribution in [1.29, 1.82) is 0 Å². The summed E-state index contributed by atoms with van der Waals surface area (Å²) in [5, 5.41) is 0. The van der Waals surface area contributed by atoms with E-state index in [1.807, 2.05) is 0 Å². The topological polar surface area (TPSA) is 61.8 Å². The minimum absolute atomic E-state index is 0.0873. The molecule has 0 aliphatic rings. The monoisotopic (exact) mass is 817 g/mol. The van der Waals surface area contributed by atoms with Gasteiger partial charge in [-0.25, -0.2) is 0 Å². The molecule has 0 aromatic heterocycles. The van der Waals surface area contributed by atoms with Gasteiger partial charge in [-0.2, -0.15) is 0 Å². The summed E-state index contributed by atoms with van der Waals surface area (Å²) in [4.78, 5) is 25.4. The van der Waals surface area contributed by atoms with E-state index in [2.05, 4.69) is 45.1 Å². The van der Waals surface area contributed by atoms with Gasteiger partial charge in [0.15, 0.2) is 6.10 Å². The van der Waals surface area contributed by atoms with Crippen molar-refractivity contribution in [3.63, 3.8) is 0 Å². The molecule has 0 aromatic rings. The van der Waals surface area contributed by atoms with Crippen molar-refractivity contribution in [1.82, 2.24) is 0 Å². The summed E-state index contributed by atoms with van der Waals surface area (Å²) in [6.45, 7) is 7.81. The molecule has 0 heterocycles. The third kappa shape index (κ3) is 47.1. The van der Waals surface area contributed by atoms with Crippen molar-refractivity contribution in [2.45, 2.75) is 284 Å². The highest BCUT2D eigenvalue weighted by Crippen LogP contribution is 2.16. The zero-order valence-electron chi connectivity index (χ0n) is 39.3. The highest BCUT2D eigenvalue weighted by molar-refractivity contribution is 5.70. The lowest BCUT2D eigenvalue weighted by Gasteiger charge is -2.18. The van der Waals surface area contributed by atoms with Crippen molar-refractivity contribution in [2.75, 3.05) is 19.8 Å². The number of unbranched alkanes of at least 4 members (excludes halogenated alkanes) is 33. The van der Waals surface area contributed by atoms with Gasteiger partial charge >= 0.3 is 11.9 Å². The van der Waals surface area contributed by atoms with Crippen LogP contribution in [0, 0.1) is 0 Å². The second-order valence-electron chi connectivity index (χ2n) is 17.4. The average Bonchev–Trinajstić information content (AvgIpc) is 3.22. The Kier molecular flexibility index (Phi) is 48.4. The summed E-state index contributed by atoms with van der Waals surface area (Å²) in [5.74, 6) is -0.395. The first-order chi connectivity index (χ1) is 28.6. The zero-order valence-corrected chi connectivity index (χ0v) is 39.3. The molecule has 5 nitrogen and oxygen atoms in total. The van der Waals surface area contributed by atoms with E-state index >= 15 is 0 Å². The second kappa shape index (κ2) is 49.7. The highest BCUT2D eigenvalue weighted by atomic mass is 16.6. The van der Waals surface area contributed by atoms with E-state index < -0.39 is 6.10 Å². The number of hydrogen-bond donors (Lipinski definition) is 0. The van der Waals surface area contributed by atoms with Crippen LogP contribution in [0.4, 0.5) is 0 Å². The van der Waals surface area contributed by atoms with Gasteiger partial charge in [0.1, 0.15) is 6.61 Å². The lowest BCUT2D eigenvalue weighted by atomic mass is 10.0. The molecule has 0 aliphatic carbocycles. The van der Waals surface area contributed by atoms with Crippen LogP contribution in [0.1, 0.15) is 278 Å². The van der Waals surface area contributed by atoms with E-state index in [0.717, 1.165) is 51.4 Å². The van der Waals surface area contributed by atoms with Gasteiger partial charge in [-0.15, -0.1) is 0 Å². The van der Waals surface area contributed by atoms with Gasteiger partial charge in [0.25, 0.3) is 0 Å². The molecule has 0 fully saturated rings. The number of carbonyl (C=O) groups is 2. The van der Waals surface area contributed by atoms with Gasteiger partial charge in [0.2, 0.25) is 0 Å². The fourth-order valence-electron chi connectivity index (χ4n) is 7.61. The Balaban J connectivity index is 4.22. The molecule has 5 heteroatoms. The molecule has 1 unspecified atom stereocenters. The first-order valence-corrected chi connectivity index (χ1v) is 25.9. The number of allylic oxidation sites excluding steroid dienone is 4. The normalized spacial score (nSPS) is 12.3. The quantitative estimate of drug-likeness (QED) is 0.0348. The third-order valence-corrected chi connectivity index (χ3v) is 11.5.